The van der Waals surface area contributed by atoms with Crippen LogP contribution >= 0.6 is 11.8 Å². The maximum Gasteiger partial charge on any atom is 0.160 e. The van der Waals surface area contributed by atoms with Crippen LogP contribution in [0.25, 0.3) is 0 Å². The van der Waals surface area contributed by atoms with E-state index in [4.69, 9.17) is 4.99 Å². The van der Waals surface area contributed by atoms with E-state index < -0.39 is 0 Å². The first kappa shape index (κ1) is 16.5. The molecule has 3 unspecified atom stereocenters. The molecule has 1 fully saturated rings. The van der Waals surface area contributed by atoms with Gasteiger partial charge < -0.3 is 9.80 Å². The Morgan fingerprint density at radius 3 is 2.60 bits per heavy atom. The third-order valence-electron chi connectivity index (χ3n) is 5.08. The molecule has 1 aromatic carbocycles. The third-order valence-corrected chi connectivity index (χ3v) is 6.21. The van der Waals surface area contributed by atoms with Gasteiger partial charge in [-0.25, -0.2) is 0 Å². The van der Waals surface area contributed by atoms with Crippen LogP contribution < -0.4 is 4.90 Å². The zero-order valence-electron chi connectivity index (χ0n) is 15.0. The molecule has 2 aliphatic heterocycles. The predicted octanol–water partition coefficient (Wildman–Crippen LogP) is 4.13. The largest absolute Gasteiger partial charge is 0.378 e. The lowest BCUT2D eigenvalue weighted by atomic mass is 9.95. The van der Waals surface area contributed by atoms with Crippen LogP contribution in [0.3, 0.4) is 0 Å². The van der Waals surface area contributed by atoms with Gasteiger partial charge in [0, 0.05) is 37.8 Å². The number of aliphatic imine (C=N–C) groups is 1. The molecule has 0 spiro atoms. The van der Waals surface area contributed by atoms with E-state index in [0.29, 0.717) is 6.04 Å². The average molecular weight is 353 g/mol. The molecule has 4 rings (SSSR count). The smallest absolute Gasteiger partial charge is 0.160 e. The van der Waals surface area contributed by atoms with Gasteiger partial charge in [0.15, 0.2) is 5.17 Å². The zero-order valence-corrected chi connectivity index (χ0v) is 15.8. The Bertz CT molecular complexity index is 757. The van der Waals surface area contributed by atoms with Gasteiger partial charge in [0.1, 0.15) is 6.04 Å². The number of hydrogen-bond acceptors (Lipinski definition) is 5. The monoisotopic (exact) mass is 352 g/mol. The summed E-state index contributed by atoms with van der Waals surface area (Å²) in [6, 6.07) is 15.9. The molecule has 25 heavy (non-hydrogen) atoms. The Morgan fingerprint density at radius 1 is 1.16 bits per heavy atom. The quantitative estimate of drug-likeness (QED) is 0.828. The lowest BCUT2D eigenvalue weighted by molar-refractivity contribution is 0.255. The Morgan fingerprint density at radius 2 is 1.96 bits per heavy atom. The molecule has 0 aliphatic carbocycles. The van der Waals surface area contributed by atoms with E-state index in [9.17, 15) is 0 Å². The van der Waals surface area contributed by atoms with Crippen molar-refractivity contribution < 1.29 is 0 Å². The fourth-order valence-corrected chi connectivity index (χ4v) is 5.02. The summed E-state index contributed by atoms with van der Waals surface area (Å²) in [6.45, 7) is 2.27. The highest BCUT2D eigenvalue weighted by molar-refractivity contribution is 8.14. The lowest BCUT2D eigenvalue weighted by Crippen LogP contribution is -2.35. The maximum absolute atomic E-state index is 5.07. The van der Waals surface area contributed by atoms with Crippen molar-refractivity contribution in [1.29, 1.82) is 0 Å². The summed E-state index contributed by atoms with van der Waals surface area (Å²) < 4.78 is 0. The molecule has 1 aromatic heterocycles. The molecule has 2 aliphatic rings. The molecule has 130 valence electrons. The summed E-state index contributed by atoms with van der Waals surface area (Å²) in [7, 11) is 4.15. The normalized spacial score (nSPS) is 25.0. The molecule has 1 saturated heterocycles. The van der Waals surface area contributed by atoms with E-state index in [-0.39, 0.29) is 12.1 Å². The lowest BCUT2D eigenvalue weighted by Gasteiger charge is -2.32. The zero-order chi connectivity index (χ0) is 17.4. The number of rotatable bonds is 4. The van der Waals surface area contributed by atoms with E-state index >= 15 is 0 Å². The van der Waals surface area contributed by atoms with Crippen molar-refractivity contribution in [2.24, 2.45) is 4.99 Å². The van der Waals surface area contributed by atoms with Crippen molar-refractivity contribution in [1.82, 2.24) is 9.88 Å². The van der Waals surface area contributed by atoms with E-state index in [1.807, 2.05) is 24.0 Å². The van der Waals surface area contributed by atoms with E-state index in [2.05, 4.69) is 72.2 Å². The number of pyridine rings is 1. The minimum Gasteiger partial charge on any atom is -0.378 e. The third kappa shape index (κ3) is 2.91. The Labute approximate surface area is 154 Å². The van der Waals surface area contributed by atoms with E-state index in [0.717, 1.165) is 17.9 Å². The fourth-order valence-electron chi connectivity index (χ4n) is 3.68. The fraction of sp³-hybridized carbons (Fsp3) is 0.400. The SMILES string of the molecule is CCC1CSC2=NC(c3ccccn3)C(c3ccc(N(C)C)cc3)N21. The first-order valence-corrected chi connectivity index (χ1v) is 9.84. The summed E-state index contributed by atoms with van der Waals surface area (Å²) in [5.74, 6) is 1.14. The van der Waals surface area contributed by atoms with Gasteiger partial charge in [0.25, 0.3) is 0 Å². The summed E-state index contributed by atoms with van der Waals surface area (Å²) >= 11 is 1.89. The summed E-state index contributed by atoms with van der Waals surface area (Å²) in [4.78, 5) is 14.3. The van der Waals surface area contributed by atoms with Crippen LogP contribution in [0.2, 0.25) is 0 Å². The van der Waals surface area contributed by atoms with Gasteiger partial charge in [0.2, 0.25) is 0 Å². The number of hydrogen-bond donors (Lipinski definition) is 0. The first-order valence-electron chi connectivity index (χ1n) is 8.86. The van der Waals surface area contributed by atoms with Crippen molar-refractivity contribution in [2.45, 2.75) is 31.5 Å². The van der Waals surface area contributed by atoms with Crippen LogP contribution in [0.15, 0.2) is 53.7 Å². The Kier molecular flexibility index (Phi) is 4.42. The van der Waals surface area contributed by atoms with Crippen LogP contribution in [-0.4, -0.2) is 40.9 Å². The molecule has 3 atom stereocenters. The minimum atomic E-state index is 0.0725. The molecule has 0 N–H and O–H groups in total. The molecule has 4 nitrogen and oxygen atoms in total. The number of thioether (sulfide) groups is 1. The highest BCUT2D eigenvalue weighted by Gasteiger charge is 2.45. The van der Waals surface area contributed by atoms with Gasteiger partial charge in [-0.2, -0.15) is 0 Å². The van der Waals surface area contributed by atoms with Crippen molar-refractivity contribution in [3.8, 4) is 0 Å². The summed E-state index contributed by atoms with van der Waals surface area (Å²) in [5, 5.41) is 1.18. The van der Waals surface area contributed by atoms with Crippen molar-refractivity contribution >= 4 is 22.6 Å². The number of amidine groups is 1. The first-order chi connectivity index (χ1) is 12.2. The van der Waals surface area contributed by atoms with Crippen LogP contribution in [0, 0.1) is 0 Å². The Hall–Kier alpha value is -2.01. The molecule has 0 radical (unpaired) electrons. The van der Waals surface area contributed by atoms with Gasteiger partial charge in [-0.3, -0.25) is 9.98 Å². The Balaban J connectivity index is 1.75. The standard InChI is InChI=1S/C20H24N4S/c1-4-15-13-25-20-22-18(17-7-5-6-12-21-17)19(24(15)20)14-8-10-16(11-9-14)23(2)3/h5-12,15,18-19H,4,13H2,1-3H3. The molecule has 0 amide bonds. The predicted molar refractivity (Wildman–Crippen MR) is 106 cm³/mol. The second-order valence-corrected chi connectivity index (χ2v) is 7.81. The van der Waals surface area contributed by atoms with Crippen LogP contribution in [0.4, 0.5) is 5.69 Å². The van der Waals surface area contributed by atoms with Gasteiger partial charge >= 0.3 is 0 Å². The van der Waals surface area contributed by atoms with E-state index in [1.54, 1.807) is 0 Å². The van der Waals surface area contributed by atoms with Gasteiger partial charge in [-0.05, 0) is 36.2 Å². The molecule has 0 bridgehead atoms. The number of benzene rings is 1. The van der Waals surface area contributed by atoms with E-state index in [1.165, 1.54) is 16.4 Å². The topological polar surface area (TPSA) is 31.7 Å². The average Bonchev–Trinajstić information content (AvgIpc) is 3.21. The molecule has 0 saturated carbocycles. The van der Waals surface area contributed by atoms with Crippen LogP contribution in [0.1, 0.15) is 36.7 Å². The number of fused-ring (bicyclic) bond motifs is 1. The van der Waals surface area contributed by atoms with Crippen molar-refractivity contribution in [3.63, 3.8) is 0 Å². The van der Waals surface area contributed by atoms with Crippen LogP contribution in [-0.2, 0) is 0 Å². The second kappa shape index (κ2) is 6.71. The highest BCUT2D eigenvalue weighted by Crippen LogP contribution is 2.48. The number of aromatic nitrogens is 1. The van der Waals surface area contributed by atoms with Crippen molar-refractivity contribution in [2.75, 3.05) is 24.7 Å². The van der Waals surface area contributed by atoms with Crippen LogP contribution in [0.5, 0.6) is 0 Å². The molecule has 5 heteroatoms. The highest BCUT2D eigenvalue weighted by atomic mass is 32.2. The summed E-state index contributed by atoms with van der Waals surface area (Å²) in [6.07, 6.45) is 3.02. The van der Waals surface area contributed by atoms with Gasteiger partial charge in [-0.1, -0.05) is 36.9 Å². The number of anilines is 1. The summed E-state index contributed by atoms with van der Waals surface area (Å²) in [5.41, 5.74) is 3.60. The number of nitrogens with zero attached hydrogens (tertiary/aromatic N) is 4. The van der Waals surface area contributed by atoms with Gasteiger partial charge in [-0.15, -0.1) is 0 Å². The van der Waals surface area contributed by atoms with Gasteiger partial charge in [0.05, 0.1) is 11.7 Å². The molecular weight excluding hydrogens is 328 g/mol. The molecule has 2 aromatic rings. The second-order valence-electron chi connectivity index (χ2n) is 6.82. The molecular formula is C20H24N4S. The van der Waals surface area contributed by atoms with Crippen molar-refractivity contribution in [3.05, 3.63) is 59.9 Å². The molecule has 3 heterocycles. The maximum atomic E-state index is 5.07. The minimum absolute atomic E-state index is 0.0725.